The van der Waals surface area contributed by atoms with Crippen LogP contribution in [0.25, 0.3) is 0 Å². The van der Waals surface area contributed by atoms with Crippen molar-refractivity contribution >= 4 is 46.9 Å². The molecule has 1 aromatic heterocycles. The number of carboxylic acids is 1. The lowest BCUT2D eigenvalue weighted by molar-refractivity contribution is -0.113. The lowest BCUT2D eigenvalue weighted by atomic mass is 9.94. The van der Waals surface area contributed by atoms with Gasteiger partial charge >= 0.3 is 5.97 Å². The van der Waals surface area contributed by atoms with Crippen LogP contribution in [0.15, 0.2) is 89.2 Å². The van der Waals surface area contributed by atoms with Crippen molar-refractivity contribution in [3.05, 3.63) is 106 Å². The number of thioether (sulfide) groups is 1. The second-order valence-electron chi connectivity index (χ2n) is 8.92. The Morgan fingerprint density at radius 2 is 1.82 bits per heavy atom. The molecular formula is C29H26ClN5O4S. The minimum Gasteiger partial charge on any atom is -0.492 e. The molecule has 9 nitrogen and oxygen atoms in total. The van der Waals surface area contributed by atoms with Gasteiger partial charge in [-0.2, -0.15) is 4.98 Å². The van der Waals surface area contributed by atoms with Crippen LogP contribution in [0, 0.1) is 0 Å². The normalized spacial score (nSPS) is 14.3. The maximum absolute atomic E-state index is 13.8. The molecule has 1 atom stereocenters. The third-order valence-electron chi connectivity index (χ3n) is 6.30. The lowest BCUT2D eigenvalue weighted by Crippen LogP contribution is -2.31. The van der Waals surface area contributed by atoms with Crippen molar-refractivity contribution in [1.29, 1.82) is 0 Å². The summed E-state index contributed by atoms with van der Waals surface area (Å²) < 4.78 is 7.34. The van der Waals surface area contributed by atoms with Gasteiger partial charge < -0.3 is 20.5 Å². The van der Waals surface area contributed by atoms with Gasteiger partial charge in [0.05, 0.1) is 23.4 Å². The molecule has 0 saturated carbocycles. The molecule has 4 aromatic rings. The van der Waals surface area contributed by atoms with Gasteiger partial charge in [-0.1, -0.05) is 65.8 Å². The highest BCUT2D eigenvalue weighted by atomic mass is 35.5. The maximum Gasteiger partial charge on any atom is 0.335 e. The summed E-state index contributed by atoms with van der Waals surface area (Å²) in [5, 5.41) is 21.5. The molecule has 0 radical (unpaired) electrons. The number of carbonyl (C=O) groups excluding carboxylic acids is 1. The van der Waals surface area contributed by atoms with Crippen LogP contribution < -0.4 is 15.4 Å². The number of carbonyl (C=O) groups is 2. The highest BCUT2D eigenvalue weighted by Gasteiger charge is 2.35. The SMILES string of the molecule is CCOc1ccccc1NC(=O)C1=C(C)Nc2nc(SCc3ccccc3Cl)nn2C1c1ccc(C(=O)O)cc1. The number of hydrogen-bond donors (Lipinski definition) is 3. The number of carboxylic acid groups (broad SMARTS) is 1. The molecule has 204 valence electrons. The number of rotatable bonds is 9. The molecule has 1 amide bonds. The number of fused-ring (bicyclic) bond motifs is 1. The average molecular weight is 576 g/mol. The molecule has 3 aromatic carbocycles. The van der Waals surface area contributed by atoms with E-state index in [9.17, 15) is 14.7 Å². The van der Waals surface area contributed by atoms with E-state index < -0.39 is 12.0 Å². The number of allylic oxidation sites excluding steroid dienone is 1. The molecule has 1 aliphatic rings. The van der Waals surface area contributed by atoms with Gasteiger partial charge in [-0.15, -0.1) is 5.10 Å². The smallest absolute Gasteiger partial charge is 0.335 e. The van der Waals surface area contributed by atoms with E-state index in [0.717, 1.165) is 5.56 Å². The van der Waals surface area contributed by atoms with Gasteiger partial charge in [0.25, 0.3) is 5.91 Å². The van der Waals surface area contributed by atoms with Crippen LogP contribution in [0.2, 0.25) is 5.02 Å². The maximum atomic E-state index is 13.8. The monoisotopic (exact) mass is 575 g/mol. The van der Waals surface area contributed by atoms with Crippen molar-refractivity contribution in [1.82, 2.24) is 14.8 Å². The molecule has 5 rings (SSSR count). The number of nitrogens with zero attached hydrogens (tertiary/aromatic N) is 3. The summed E-state index contributed by atoms with van der Waals surface area (Å²) in [6, 6.07) is 20.5. The van der Waals surface area contributed by atoms with Gasteiger partial charge in [-0.3, -0.25) is 4.79 Å². The molecule has 40 heavy (non-hydrogen) atoms. The summed E-state index contributed by atoms with van der Waals surface area (Å²) in [5.74, 6) is 0.208. The molecule has 1 unspecified atom stereocenters. The third-order valence-corrected chi connectivity index (χ3v) is 7.56. The van der Waals surface area contributed by atoms with Gasteiger partial charge in [0.2, 0.25) is 11.1 Å². The minimum absolute atomic E-state index is 0.143. The predicted octanol–water partition coefficient (Wildman–Crippen LogP) is 6.25. The van der Waals surface area contributed by atoms with E-state index in [2.05, 4.69) is 15.6 Å². The zero-order chi connectivity index (χ0) is 28.2. The molecule has 11 heteroatoms. The molecule has 0 bridgehead atoms. The number of halogens is 1. The van der Waals surface area contributed by atoms with Crippen molar-refractivity contribution in [2.45, 2.75) is 30.8 Å². The quantitative estimate of drug-likeness (QED) is 0.200. The van der Waals surface area contributed by atoms with Crippen LogP contribution in [0.5, 0.6) is 5.75 Å². The molecule has 0 aliphatic carbocycles. The fraction of sp³-hybridized carbons (Fsp3) is 0.172. The molecule has 0 saturated heterocycles. The Morgan fingerprint density at radius 1 is 1.10 bits per heavy atom. The largest absolute Gasteiger partial charge is 0.492 e. The number of para-hydroxylation sites is 2. The Labute approximate surface area is 240 Å². The Kier molecular flexibility index (Phi) is 8.09. The summed E-state index contributed by atoms with van der Waals surface area (Å²) >= 11 is 7.75. The zero-order valence-corrected chi connectivity index (χ0v) is 23.3. The van der Waals surface area contributed by atoms with Gasteiger partial charge in [-0.05, 0) is 55.3 Å². The van der Waals surface area contributed by atoms with E-state index in [1.165, 1.54) is 23.9 Å². The number of benzene rings is 3. The summed E-state index contributed by atoms with van der Waals surface area (Å²) in [5.41, 5.74) is 3.33. The van der Waals surface area contributed by atoms with E-state index in [4.69, 9.17) is 21.4 Å². The zero-order valence-electron chi connectivity index (χ0n) is 21.7. The number of anilines is 2. The summed E-state index contributed by atoms with van der Waals surface area (Å²) in [6.45, 7) is 4.13. The van der Waals surface area contributed by atoms with Gasteiger partial charge in [0.15, 0.2) is 0 Å². The molecule has 0 spiro atoms. The van der Waals surface area contributed by atoms with E-state index >= 15 is 0 Å². The summed E-state index contributed by atoms with van der Waals surface area (Å²) in [4.78, 5) is 30.0. The van der Waals surface area contributed by atoms with Gasteiger partial charge in [0, 0.05) is 16.5 Å². The van der Waals surface area contributed by atoms with Crippen LogP contribution in [0.1, 0.15) is 41.4 Å². The Balaban J connectivity index is 1.51. The molecule has 3 N–H and O–H groups in total. The second kappa shape index (κ2) is 11.8. The van der Waals surface area contributed by atoms with Gasteiger partial charge in [0.1, 0.15) is 11.8 Å². The number of amides is 1. The Morgan fingerprint density at radius 3 is 2.55 bits per heavy atom. The number of ether oxygens (including phenoxy) is 1. The molecule has 2 heterocycles. The van der Waals surface area contributed by atoms with Crippen LogP contribution in [0.3, 0.4) is 0 Å². The van der Waals surface area contributed by atoms with Crippen molar-refractivity contribution in [2.24, 2.45) is 0 Å². The average Bonchev–Trinajstić information content (AvgIpc) is 3.35. The fourth-order valence-electron chi connectivity index (χ4n) is 4.40. The van der Waals surface area contributed by atoms with Crippen LogP contribution in [0.4, 0.5) is 11.6 Å². The van der Waals surface area contributed by atoms with Crippen molar-refractivity contribution < 1.29 is 19.4 Å². The Hall–Kier alpha value is -4.28. The topological polar surface area (TPSA) is 118 Å². The highest BCUT2D eigenvalue weighted by molar-refractivity contribution is 7.98. The van der Waals surface area contributed by atoms with E-state index in [1.54, 1.807) is 35.9 Å². The minimum atomic E-state index is -1.03. The first-order valence-corrected chi connectivity index (χ1v) is 13.9. The first kappa shape index (κ1) is 27.3. The van der Waals surface area contributed by atoms with Crippen LogP contribution in [-0.4, -0.2) is 38.4 Å². The standard InChI is InChI=1S/C29H26ClN5O4S/c1-3-39-23-11-7-6-10-22(23)32-26(36)24-17(2)31-28-33-29(40-16-20-8-4-5-9-21(20)30)34-35(28)25(24)18-12-14-19(15-13-18)27(37)38/h4-15,25H,3,16H2,1-2H3,(H,32,36)(H,37,38)(H,31,33,34). The first-order chi connectivity index (χ1) is 19.4. The van der Waals surface area contributed by atoms with E-state index in [-0.39, 0.29) is 11.5 Å². The van der Waals surface area contributed by atoms with E-state index in [1.807, 2.05) is 43.3 Å². The predicted molar refractivity (Wildman–Crippen MR) is 155 cm³/mol. The number of nitrogens with one attached hydrogen (secondary N) is 2. The Bertz CT molecular complexity index is 1600. The number of aromatic nitrogens is 3. The summed E-state index contributed by atoms with van der Waals surface area (Å²) in [7, 11) is 0. The third kappa shape index (κ3) is 5.68. The lowest BCUT2D eigenvalue weighted by Gasteiger charge is -2.29. The highest BCUT2D eigenvalue weighted by Crippen LogP contribution is 2.38. The number of aromatic carboxylic acids is 1. The van der Waals surface area contributed by atoms with Crippen molar-refractivity contribution in [2.75, 3.05) is 17.2 Å². The summed E-state index contributed by atoms with van der Waals surface area (Å²) in [6.07, 6.45) is 0. The van der Waals surface area contributed by atoms with Gasteiger partial charge in [-0.25, -0.2) is 9.48 Å². The second-order valence-corrected chi connectivity index (χ2v) is 10.3. The molecule has 1 aliphatic heterocycles. The molecule has 0 fully saturated rings. The van der Waals surface area contributed by atoms with Crippen LogP contribution >= 0.6 is 23.4 Å². The van der Waals surface area contributed by atoms with Crippen molar-refractivity contribution in [3.8, 4) is 5.75 Å². The number of hydrogen-bond acceptors (Lipinski definition) is 7. The van der Waals surface area contributed by atoms with Crippen molar-refractivity contribution in [3.63, 3.8) is 0 Å². The van der Waals surface area contributed by atoms with Crippen LogP contribution in [-0.2, 0) is 10.5 Å². The fourth-order valence-corrected chi connectivity index (χ4v) is 5.52. The van der Waals surface area contributed by atoms with E-state index in [0.29, 0.717) is 56.8 Å². The molecular weight excluding hydrogens is 550 g/mol. The first-order valence-electron chi connectivity index (χ1n) is 12.5.